The van der Waals surface area contributed by atoms with Gasteiger partial charge >= 0.3 is 5.97 Å². The second kappa shape index (κ2) is 6.17. The van der Waals surface area contributed by atoms with Gasteiger partial charge in [-0.15, -0.1) is 0 Å². The molecule has 0 radical (unpaired) electrons. The van der Waals surface area contributed by atoms with Gasteiger partial charge in [-0.3, -0.25) is 19.7 Å². The molecule has 0 aliphatic carbocycles. The molecule has 0 aliphatic heterocycles. The van der Waals surface area contributed by atoms with Gasteiger partial charge in [0.1, 0.15) is 0 Å². The van der Waals surface area contributed by atoms with E-state index in [0.29, 0.717) is 0 Å². The van der Waals surface area contributed by atoms with Crippen molar-refractivity contribution in [3.63, 3.8) is 0 Å². The van der Waals surface area contributed by atoms with Crippen molar-refractivity contribution in [1.82, 2.24) is 14.9 Å². The van der Waals surface area contributed by atoms with E-state index in [-0.39, 0.29) is 12.6 Å². The van der Waals surface area contributed by atoms with Gasteiger partial charge < -0.3 is 5.11 Å². The molecule has 0 amide bonds. The standard InChI is InChI=1S/C11H17N3O2/c1-3-6-14(8-11(15)16)9(2)10-7-12-4-5-13-10/h4-5,7,9H,3,6,8H2,1-2H3,(H,15,16). The van der Waals surface area contributed by atoms with Crippen LogP contribution in [0.25, 0.3) is 0 Å². The van der Waals surface area contributed by atoms with Crippen LogP contribution in [0.1, 0.15) is 32.0 Å². The number of aliphatic carboxylic acids is 1. The molecule has 0 saturated carbocycles. The number of nitrogens with zero attached hydrogens (tertiary/aromatic N) is 3. The smallest absolute Gasteiger partial charge is 0.317 e. The second-order valence-electron chi connectivity index (χ2n) is 3.67. The molecular weight excluding hydrogens is 206 g/mol. The van der Waals surface area contributed by atoms with Gasteiger partial charge in [0, 0.05) is 18.6 Å². The molecule has 0 bridgehead atoms. The quantitative estimate of drug-likeness (QED) is 0.788. The Morgan fingerprint density at radius 3 is 2.81 bits per heavy atom. The average Bonchev–Trinajstić information content (AvgIpc) is 2.28. The zero-order valence-electron chi connectivity index (χ0n) is 9.63. The first kappa shape index (κ1) is 12.6. The third-order valence-electron chi connectivity index (χ3n) is 2.41. The normalized spacial score (nSPS) is 12.7. The van der Waals surface area contributed by atoms with Gasteiger partial charge in [0.25, 0.3) is 0 Å². The summed E-state index contributed by atoms with van der Waals surface area (Å²) in [5.74, 6) is -0.816. The van der Waals surface area contributed by atoms with Crippen LogP contribution in [0.2, 0.25) is 0 Å². The Hall–Kier alpha value is -1.49. The summed E-state index contributed by atoms with van der Waals surface area (Å²) in [6.45, 7) is 4.75. The molecule has 5 heteroatoms. The Morgan fingerprint density at radius 1 is 1.56 bits per heavy atom. The summed E-state index contributed by atoms with van der Waals surface area (Å²) < 4.78 is 0. The van der Waals surface area contributed by atoms with E-state index in [1.54, 1.807) is 18.6 Å². The van der Waals surface area contributed by atoms with Crippen molar-refractivity contribution in [2.24, 2.45) is 0 Å². The van der Waals surface area contributed by atoms with Crippen LogP contribution in [0.3, 0.4) is 0 Å². The monoisotopic (exact) mass is 223 g/mol. The lowest BCUT2D eigenvalue weighted by atomic mass is 10.2. The maximum absolute atomic E-state index is 10.7. The Balaban J connectivity index is 2.74. The fraction of sp³-hybridized carbons (Fsp3) is 0.545. The molecule has 1 unspecified atom stereocenters. The van der Waals surface area contributed by atoms with E-state index >= 15 is 0 Å². The van der Waals surface area contributed by atoms with Crippen LogP contribution in [0.4, 0.5) is 0 Å². The van der Waals surface area contributed by atoms with Gasteiger partial charge in [0.2, 0.25) is 0 Å². The molecule has 1 atom stereocenters. The van der Waals surface area contributed by atoms with E-state index in [2.05, 4.69) is 9.97 Å². The number of hydrogen-bond acceptors (Lipinski definition) is 4. The molecule has 0 aromatic carbocycles. The molecule has 1 aromatic rings. The highest BCUT2D eigenvalue weighted by Gasteiger charge is 2.18. The molecule has 1 rings (SSSR count). The zero-order valence-corrected chi connectivity index (χ0v) is 9.63. The largest absolute Gasteiger partial charge is 0.480 e. The van der Waals surface area contributed by atoms with Gasteiger partial charge in [0.15, 0.2) is 0 Å². The van der Waals surface area contributed by atoms with Gasteiger partial charge in [0.05, 0.1) is 18.3 Å². The first-order valence-electron chi connectivity index (χ1n) is 5.37. The molecule has 0 fully saturated rings. The van der Waals surface area contributed by atoms with Crippen LogP contribution >= 0.6 is 0 Å². The Bertz CT molecular complexity index is 329. The highest BCUT2D eigenvalue weighted by molar-refractivity contribution is 5.69. The molecule has 5 nitrogen and oxygen atoms in total. The lowest BCUT2D eigenvalue weighted by Crippen LogP contribution is -2.33. The lowest BCUT2D eigenvalue weighted by molar-refractivity contribution is -0.138. The van der Waals surface area contributed by atoms with E-state index in [1.807, 2.05) is 18.7 Å². The fourth-order valence-electron chi connectivity index (χ4n) is 1.58. The molecule has 1 heterocycles. The average molecular weight is 223 g/mol. The summed E-state index contributed by atoms with van der Waals surface area (Å²) >= 11 is 0. The minimum absolute atomic E-state index is 0.0234. The highest BCUT2D eigenvalue weighted by atomic mass is 16.4. The summed E-state index contributed by atoms with van der Waals surface area (Å²) in [6.07, 6.45) is 5.82. The first-order chi connectivity index (χ1) is 7.65. The summed E-state index contributed by atoms with van der Waals surface area (Å²) in [4.78, 5) is 20.8. The highest BCUT2D eigenvalue weighted by Crippen LogP contribution is 2.16. The number of rotatable bonds is 6. The van der Waals surface area contributed by atoms with Crippen molar-refractivity contribution < 1.29 is 9.90 Å². The molecule has 0 saturated heterocycles. The van der Waals surface area contributed by atoms with Crippen LogP contribution in [0.5, 0.6) is 0 Å². The van der Waals surface area contributed by atoms with Crippen molar-refractivity contribution in [2.45, 2.75) is 26.3 Å². The molecule has 88 valence electrons. The molecular formula is C11H17N3O2. The van der Waals surface area contributed by atoms with E-state index in [9.17, 15) is 4.79 Å². The lowest BCUT2D eigenvalue weighted by Gasteiger charge is -2.26. The van der Waals surface area contributed by atoms with Crippen molar-refractivity contribution in [3.05, 3.63) is 24.3 Å². The van der Waals surface area contributed by atoms with Crippen molar-refractivity contribution >= 4 is 5.97 Å². The minimum Gasteiger partial charge on any atom is -0.480 e. The maximum Gasteiger partial charge on any atom is 0.317 e. The number of aromatic nitrogens is 2. The summed E-state index contributed by atoms with van der Waals surface area (Å²) in [7, 11) is 0. The third kappa shape index (κ3) is 3.58. The zero-order chi connectivity index (χ0) is 12.0. The van der Waals surface area contributed by atoms with Gasteiger partial charge in [-0.1, -0.05) is 6.92 Å². The van der Waals surface area contributed by atoms with Gasteiger partial charge in [-0.25, -0.2) is 0 Å². The van der Waals surface area contributed by atoms with E-state index in [4.69, 9.17) is 5.11 Å². The molecule has 1 N–H and O–H groups in total. The Labute approximate surface area is 95.1 Å². The van der Waals surface area contributed by atoms with Crippen LogP contribution in [0, 0.1) is 0 Å². The fourth-order valence-corrected chi connectivity index (χ4v) is 1.58. The molecule has 1 aromatic heterocycles. The van der Waals surface area contributed by atoms with Crippen molar-refractivity contribution in [2.75, 3.05) is 13.1 Å². The van der Waals surface area contributed by atoms with E-state index in [0.717, 1.165) is 18.7 Å². The Morgan fingerprint density at radius 2 is 2.31 bits per heavy atom. The van der Waals surface area contributed by atoms with E-state index in [1.165, 1.54) is 0 Å². The molecule has 0 spiro atoms. The van der Waals surface area contributed by atoms with Crippen molar-refractivity contribution in [1.29, 1.82) is 0 Å². The van der Waals surface area contributed by atoms with Gasteiger partial charge in [-0.2, -0.15) is 0 Å². The third-order valence-corrected chi connectivity index (χ3v) is 2.41. The summed E-state index contributed by atoms with van der Waals surface area (Å²) in [5.41, 5.74) is 0.803. The SMILES string of the molecule is CCCN(CC(=O)O)C(C)c1cnccn1. The number of carboxylic acid groups (broad SMARTS) is 1. The summed E-state index contributed by atoms with van der Waals surface area (Å²) in [6, 6.07) is -0.0234. The number of carboxylic acids is 1. The molecule has 16 heavy (non-hydrogen) atoms. The topological polar surface area (TPSA) is 66.3 Å². The maximum atomic E-state index is 10.7. The van der Waals surface area contributed by atoms with E-state index < -0.39 is 5.97 Å². The van der Waals surface area contributed by atoms with Crippen LogP contribution in [0.15, 0.2) is 18.6 Å². The Kier molecular flexibility index (Phi) is 4.85. The van der Waals surface area contributed by atoms with Crippen LogP contribution < -0.4 is 0 Å². The molecule has 0 aliphatic rings. The van der Waals surface area contributed by atoms with Gasteiger partial charge in [-0.05, 0) is 19.9 Å². The predicted octanol–water partition coefficient (Wildman–Crippen LogP) is 1.33. The van der Waals surface area contributed by atoms with Crippen LogP contribution in [-0.4, -0.2) is 39.0 Å². The number of carbonyl (C=O) groups is 1. The van der Waals surface area contributed by atoms with Crippen LogP contribution in [-0.2, 0) is 4.79 Å². The minimum atomic E-state index is -0.816. The van der Waals surface area contributed by atoms with Crippen molar-refractivity contribution in [3.8, 4) is 0 Å². The predicted molar refractivity (Wildman–Crippen MR) is 59.9 cm³/mol. The second-order valence-corrected chi connectivity index (χ2v) is 3.67. The number of hydrogen-bond donors (Lipinski definition) is 1. The summed E-state index contributed by atoms with van der Waals surface area (Å²) in [5, 5.41) is 8.83. The first-order valence-corrected chi connectivity index (χ1v) is 5.37.